The second-order valence-corrected chi connectivity index (χ2v) is 6.76. The highest BCUT2D eigenvalue weighted by molar-refractivity contribution is 8.00. The number of aliphatic hydroxyl groups excluding tert-OH is 1. The molecule has 4 nitrogen and oxygen atoms in total. The Kier molecular flexibility index (Phi) is 2.52. The van der Waals surface area contributed by atoms with Gasteiger partial charge in [-0.3, -0.25) is 0 Å². The van der Waals surface area contributed by atoms with Crippen LogP contribution in [0.2, 0.25) is 0 Å². The number of aliphatic hydroxyl groups is 1. The molecule has 0 aromatic carbocycles. The van der Waals surface area contributed by atoms with Gasteiger partial charge in [0.15, 0.2) is 0 Å². The van der Waals surface area contributed by atoms with Crippen molar-refractivity contribution in [3.05, 3.63) is 17.6 Å². The van der Waals surface area contributed by atoms with Crippen LogP contribution in [0.4, 0.5) is 5.82 Å². The molecule has 2 saturated heterocycles. The summed E-state index contributed by atoms with van der Waals surface area (Å²) in [6, 6.07) is 0. The van der Waals surface area contributed by atoms with Crippen LogP contribution in [0.3, 0.4) is 0 Å². The summed E-state index contributed by atoms with van der Waals surface area (Å²) in [7, 11) is 0. The second-order valence-electron chi connectivity index (χ2n) is 5.48. The van der Waals surface area contributed by atoms with E-state index in [1.165, 1.54) is 17.7 Å². The number of aryl methyl sites for hydroxylation is 1. The van der Waals surface area contributed by atoms with Crippen molar-refractivity contribution in [3.8, 4) is 0 Å². The maximum absolute atomic E-state index is 9.98. The summed E-state index contributed by atoms with van der Waals surface area (Å²) in [4.78, 5) is 11.3. The lowest BCUT2D eigenvalue weighted by Crippen LogP contribution is -2.27. The van der Waals surface area contributed by atoms with Crippen LogP contribution in [-0.4, -0.2) is 45.3 Å². The number of thioether (sulfide) groups is 1. The third-order valence-electron chi connectivity index (χ3n) is 4.44. The molecule has 4 rings (SSSR count). The molecule has 2 fully saturated rings. The SMILES string of the molecule is OC1CSC2CN(c3ncnc4c3CCC4)CC12. The smallest absolute Gasteiger partial charge is 0.135 e. The fourth-order valence-corrected chi connectivity index (χ4v) is 4.97. The first-order valence-corrected chi connectivity index (χ1v) is 7.75. The molecule has 1 N–H and O–H groups in total. The molecule has 0 radical (unpaired) electrons. The largest absolute Gasteiger partial charge is 0.392 e. The van der Waals surface area contributed by atoms with E-state index in [0.29, 0.717) is 11.2 Å². The Hall–Kier alpha value is -0.810. The van der Waals surface area contributed by atoms with Crippen LogP contribution in [0.1, 0.15) is 17.7 Å². The van der Waals surface area contributed by atoms with E-state index in [2.05, 4.69) is 14.9 Å². The van der Waals surface area contributed by atoms with Gasteiger partial charge >= 0.3 is 0 Å². The van der Waals surface area contributed by atoms with Gasteiger partial charge < -0.3 is 10.0 Å². The molecule has 3 heterocycles. The molecular weight excluding hydrogens is 246 g/mol. The Labute approximate surface area is 111 Å². The molecular formula is C13H17N3OS. The molecule has 18 heavy (non-hydrogen) atoms. The molecule has 0 bridgehead atoms. The zero-order valence-electron chi connectivity index (χ0n) is 10.2. The Bertz CT molecular complexity index is 481. The lowest BCUT2D eigenvalue weighted by atomic mass is 10.0. The quantitative estimate of drug-likeness (QED) is 0.815. The van der Waals surface area contributed by atoms with Gasteiger partial charge in [0.2, 0.25) is 0 Å². The van der Waals surface area contributed by atoms with Crippen molar-refractivity contribution in [2.45, 2.75) is 30.6 Å². The van der Waals surface area contributed by atoms with E-state index in [1.54, 1.807) is 6.33 Å². The summed E-state index contributed by atoms with van der Waals surface area (Å²) >= 11 is 1.92. The highest BCUT2D eigenvalue weighted by Crippen LogP contribution is 2.40. The molecule has 1 aromatic rings. The first-order chi connectivity index (χ1) is 8.83. The van der Waals surface area contributed by atoms with Crippen molar-refractivity contribution in [1.82, 2.24) is 9.97 Å². The van der Waals surface area contributed by atoms with Gasteiger partial charge in [0, 0.05) is 41.3 Å². The number of rotatable bonds is 1. The molecule has 3 atom stereocenters. The normalized spacial score (nSPS) is 33.8. The van der Waals surface area contributed by atoms with Gasteiger partial charge in [0.1, 0.15) is 12.1 Å². The zero-order chi connectivity index (χ0) is 12.1. The monoisotopic (exact) mass is 263 g/mol. The van der Waals surface area contributed by atoms with E-state index >= 15 is 0 Å². The highest BCUT2D eigenvalue weighted by Gasteiger charge is 2.43. The van der Waals surface area contributed by atoms with E-state index in [1.807, 2.05) is 11.8 Å². The van der Waals surface area contributed by atoms with Gasteiger partial charge in [-0.05, 0) is 19.3 Å². The van der Waals surface area contributed by atoms with E-state index in [4.69, 9.17) is 0 Å². The minimum Gasteiger partial charge on any atom is -0.392 e. The van der Waals surface area contributed by atoms with Crippen molar-refractivity contribution in [2.24, 2.45) is 5.92 Å². The fourth-order valence-electron chi connectivity index (χ4n) is 3.48. The van der Waals surface area contributed by atoms with Crippen LogP contribution in [0.15, 0.2) is 6.33 Å². The Balaban J connectivity index is 1.64. The maximum Gasteiger partial charge on any atom is 0.135 e. The minimum absolute atomic E-state index is 0.125. The van der Waals surface area contributed by atoms with Gasteiger partial charge in [0.25, 0.3) is 0 Å². The lowest BCUT2D eigenvalue weighted by Gasteiger charge is -2.21. The molecule has 1 aliphatic carbocycles. The Morgan fingerprint density at radius 1 is 1.28 bits per heavy atom. The van der Waals surface area contributed by atoms with Gasteiger partial charge in [-0.25, -0.2) is 9.97 Å². The highest BCUT2D eigenvalue weighted by atomic mass is 32.2. The van der Waals surface area contributed by atoms with Crippen molar-refractivity contribution < 1.29 is 5.11 Å². The summed E-state index contributed by atoms with van der Waals surface area (Å²) in [6.45, 7) is 2.00. The third-order valence-corrected chi connectivity index (χ3v) is 5.90. The van der Waals surface area contributed by atoms with E-state index in [9.17, 15) is 5.11 Å². The first kappa shape index (κ1) is 11.1. The predicted molar refractivity (Wildman–Crippen MR) is 72.0 cm³/mol. The van der Waals surface area contributed by atoms with Gasteiger partial charge in [-0.1, -0.05) is 0 Å². The van der Waals surface area contributed by atoms with Crippen LogP contribution >= 0.6 is 11.8 Å². The average molecular weight is 263 g/mol. The Morgan fingerprint density at radius 3 is 3.11 bits per heavy atom. The van der Waals surface area contributed by atoms with Crippen LogP contribution in [0, 0.1) is 5.92 Å². The van der Waals surface area contributed by atoms with Gasteiger partial charge in [-0.15, -0.1) is 0 Å². The van der Waals surface area contributed by atoms with Crippen molar-refractivity contribution >= 4 is 17.6 Å². The summed E-state index contributed by atoms with van der Waals surface area (Å²) in [5.74, 6) is 2.48. The standard InChI is InChI=1S/C13H17N3OS/c17-11-6-18-12-5-16(4-9(11)12)13-8-2-1-3-10(8)14-7-15-13/h7,9,11-12,17H,1-6H2. The number of hydrogen-bond acceptors (Lipinski definition) is 5. The molecule has 3 unspecified atom stereocenters. The summed E-state index contributed by atoms with van der Waals surface area (Å²) < 4.78 is 0. The summed E-state index contributed by atoms with van der Waals surface area (Å²) in [5.41, 5.74) is 2.60. The predicted octanol–water partition coefficient (Wildman–Crippen LogP) is 0.878. The van der Waals surface area contributed by atoms with Crippen molar-refractivity contribution in [1.29, 1.82) is 0 Å². The van der Waals surface area contributed by atoms with Crippen LogP contribution < -0.4 is 4.90 Å². The van der Waals surface area contributed by atoms with Gasteiger partial charge in [-0.2, -0.15) is 11.8 Å². The average Bonchev–Trinajstić information content (AvgIpc) is 3.06. The maximum atomic E-state index is 9.98. The topological polar surface area (TPSA) is 49.2 Å². The van der Waals surface area contributed by atoms with Crippen LogP contribution in [0.5, 0.6) is 0 Å². The first-order valence-electron chi connectivity index (χ1n) is 6.70. The third kappa shape index (κ3) is 1.57. The molecule has 5 heteroatoms. The van der Waals surface area contributed by atoms with Crippen molar-refractivity contribution in [3.63, 3.8) is 0 Å². The molecule has 1 aromatic heterocycles. The number of fused-ring (bicyclic) bond motifs is 2. The number of nitrogens with zero attached hydrogens (tertiary/aromatic N) is 3. The van der Waals surface area contributed by atoms with E-state index < -0.39 is 0 Å². The van der Waals surface area contributed by atoms with E-state index in [0.717, 1.165) is 37.5 Å². The van der Waals surface area contributed by atoms with Crippen LogP contribution in [0.25, 0.3) is 0 Å². The van der Waals surface area contributed by atoms with Gasteiger partial charge in [0.05, 0.1) is 6.10 Å². The molecule has 3 aliphatic rings. The van der Waals surface area contributed by atoms with E-state index in [-0.39, 0.29) is 6.10 Å². The van der Waals surface area contributed by atoms with Crippen molar-refractivity contribution in [2.75, 3.05) is 23.7 Å². The number of anilines is 1. The lowest BCUT2D eigenvalue weighted by molar-refractivity contribution is 0.152. The summed E-state index contributed by atoms with van der Waals surface area (Å²) in [6.07, 6.45) is 5.01. The zero-order valence-corrected chi connectivity index (χ0v) is 11.1. The minimum atomic E-state index is -0.125. The molecule has 2 aliphatic heterocycles. The number of hydrogen-bond donors (Lipinski definition) is 1. The van der Waals surface area contributed by atoms with Crippen LogP contribution in [-0.2, 0) is 12.8 Å². The Morgan fingerprint density at radius 2 is 2.22 bits per heavy atom. The number of aromatic nitrogens is 2. The second kappa shape index (κ2) is 4.10. The molecule has 96 valence electrons. The fraction of sp³-hybridized carbons (Fsp3) is 0.692. The summed E-state index contributed by atoms with van der Waals surface area (Å²) in [5, 5.41) is 10.6. The molecule has 0 spiro atoms. The molecule has 0 saturated carbocycles. The molecule has 0 amide bonds.